The molecule has 3 aromatic heterocycles. The Morgan fingerprint density at radius 1 is 1.38 bits per heavy atom. The summed E-state index contributed by atoms with van der Waals surface area (Å²) < 4.78 is 18.5. The number of aliphatic carboxylic acids is 1. The number of hydrogen-bond donors (Lipinski definition) is 1. The maximum absolute atomic E-state index is 13.3. The molecule has 172 valence electrons. The van der Waals surface area contributed by atoms with E-state index in [9.17, 15) is 19.5 Å². The van der Waals surface area contributed by atoms with Gasteiger partial charge in [0.2, 0.25) is 0 Å². The molecule has 0 saturated carbocycles. The van der Waals surface area contributed by atoms with E-state index >= 15 is 0 Å². The molecule has 32 heavy (non-hydrogen) atoms. The Bertz CT molecular complexity index is 1250. The number of fused-ring (bicyclic) bond motifs is 1. The van der Waals surface area contributed by atoms with Crippen LogP contribution in [-0.2, 0) is 26.2 Å². The first-order valence-corrected chi connectivity index (χ1v) is 11.2. The maximum atomic E-state index is 13.3. The summed E-state index contributed by atoms with van der Waals surface area (Å²) in [6.07, 6.45) is 5.77. The van der Waals surface area contributed by atoms with Crippen LogP contribution in [0.15, 0.2) is 26.5 Å². The average molecular weight is 464 g/mol. The smallest absolute Gasteiger partial charge is 0.341 e. The van der Waals surface area contributed by atoms with Gasteiger partial charge in [-0.1, -0.05) is 0 Å². The number of aromatic nitrogens is 3. The number of aryl methyl sites for hydroxylation is 1. The molecule has 1 fully saturated rings. The molecular weight excluding hydrogens is 438 g/mol. The third kappa shape index (κ3) is 3.80. The predicted molar refractivity (Wildman–Crippen MR) is 117 cm³/mol. The summed E-state index contributed by atoms with van der Waals surface area (Å²) in [5, 5.41) is 10.1. The SMILES string of the molecule is Cc1c(CCOC2CCCCO2)sc2c1c(=O)n(-c1ncco1)c(=O)n2C(C)(C)C(=O)O. The minimum atomic E-state index is -1.61. The van der Waals surface area contributed by atoms with Crippen LogP contribution in [0.5, 0.6) is 0 Å². The van der Waals surface area contributed by atoms with Gasteiger partial charge in [0.25, 0.3) is 5.56 Å². The minimum absolute atomic E-state index is 0.207. The van der Waals surface area contributed by atoms with E-state index in [-0.39, 0.29) is 17.7 Å². The third-order valence-corrected chi connectivity index (χ3v) is 7.03. The third-order valence-electron chi connectivity index (χ3n) is 5.69. The van der Waals surface area contributed by atoms with Crippen molar-refractivity contribution in [1.82, 2.24) is 14.1 Å². The van der Waals surface area contributed by atoms with Crippen LogP contribution in [-0.4, -0.2) is 44.7 Å². The van der Waals surface area contributed by atoms with Gasteiger partial charge < -0.3 is 19.0 Å². The number of nitrogens with zero attached hydrogens (tertiary/aromatic N) is 3. The Morgan fingerprint density at radius 3 is 2.78 bits per heavy atom. The first-order valence-electron chi connectivity index (χ1n) is 10.4. The van der Waals surface area contributed by atoms with Crippen molar-refractivity contribution in [2.75, 3.05) is 13.2 Å². The highest BCUT2D eigenvalue weighted by Crippen LogP contribution is 2.31. The number of carboxylic acids is 1. The molecule has 3 aromatic rings. The molecule has 0 spiro atoms. The second-order valence-corrected chi connectivity index (χ2v) is 9.27. The monoisotopic (exact) mass is 463 g/mol. The molecule has 1 N–H and O–H groups in total. The fraction of sp³-hybridized carbons (Fsp3) is 0.524. The van der Waals surface area contributed by atoms with Crippen molar-refractivity contribution in [3.63, 3.8) is 0 Å². The molecule has 4 rings (SSSR count). The van der Waals surface area contributed by atoms with Crippen molar-refractivity contribution < 1.29 is 23.8 Å². The largest absolute Gasteiger partial charge is 0.480 e. The molecule has 1 aliphatic rings. The fourth-order valence-electron chi connectivity index (χ4n) is 3.79. The molecule has 0 radical (unpaired) electrons. The molecule has 1 atom stereocenters. The van der Waals surface area contributed by atoms with Gasteiger partial charge in [0.1, 0.15) is 16.6 Å². The summed E-state index contributed by atoms with van der Waals surface area (Å²) in [6.45, 7) is 5.69. The molecule has 0 bridgehead atoms. The van der Waals surface area contributed by atoms with Gasteiger partial charge in [-0.15, -0.1) is 11.3 Å². The molecule has 1 saturated heterocycles. The van der Waals surface area contributed by atoms with Crippen LogP contribution in [0.25, 0.3) is 16.2 Å². The van der Waals surface area contributed by atoms with Crippen LogP contribution in [0.1, 0.15) is 43.6 Å². The summed E-state index contributed by atoms with van der Waals surface area (Å²) in [6, 6.07) is -0.207. The van der Waals surface area contributed by atoms with Crippen molar-refractivity contribution in [2.45, 2.75) is 58.3 Å². The zero-order valence-electron chi connectivity index (χ0n) is 18.1. The van der Waals surface area contributed by atoms with Gasteiger partial charge in [-0.2, -0.15) is 4.57 Å². The summed E-state index contributed by atoms with van der Waals surface area (Å²) in [5.41, 5.74) is -2.35. The zero-order chi connectivity index (χ0) is 23.0. The standard InChI is InChI=1S/C21H25N3O7S/c1-12-13(7-10-30-14-6-4-5-9-29-14)32-17-15(12)16(25)23(19-22-8-11-31-19)20(28)24(17)21(2,3)18(26)27/h8,11,14H,4-7,9-10H2,1-3H3,(H,26,27). The van der Waals surface area contributed by atoms with E-state index < -0.39 is 22.8 Å². The van der Waals surface area contributed by atoms with E-state index in [1.807, 2.05) is 0 Å². The van der Waals surface area contributed by atoms with Crippen molar-refractivity contribution >= 4 is 27.5 Å². The molecule has 1 unspecified atom stereocenters. The summed E-state index contributed by atoms with van der Waals surface area (Å²) in [7, 11) is 0. The van der Waals surface area contributed by atoms with E-state index in [2.05, 4.69) is 4.98 Å². The van der Waals surface area contributed by atoms with Gasteiger partial charge in [-0.25, -0.2) is 14.6 Å². The second kappa shape index (κ2) is 8.64. The normalized spacial score (nSPS) is 17.2. The van der Waals surface area contributed by atoms with E-state index in [0.29, 0.717) is 30.0 Å². The lowest BCUT2D eigenvalue weighted by Crippen LogP contribution is -2.48. The molecule has 0 aliphatic carbocycles. The van der Waals surface area contributed by atoms with Gasteiger partial charge in [-0.05, 0) is 45.6 Å². The topological polar surface area (TPSA) is 126 Å². The number of thiophene rings is 1. The highest BCUT2D eigenvalue weighted by atomic mass is 32.1. The number of hydrogen-bond acceptors (Lipinski definition) is 8. The highest BCUT2D eigenvalue weighted by Gasteiger charge is 2.36. The highest BCUT2D eigenvalue weighted by molar-refractivity contribution is 7.18. The Hall–Kier alpha value is -2.76. The Kier molecular flexibility index (Phi) is 6.06. The van der Waals surface area contributed by atoms with Gasteiger partial charge in [0, 0.05) is 17.9 Å². The number of rotatable bonds is 7. The van der Waals surface area contributed by atoms with E-state index in [1.54, 1.807) is 6.92 Å². The van der Waals surface area contributed by atoms with Crippen LogP contribution >= 0.6 is 11.3 Å². The first-order chi connectivity index (χ1) is 15.2. The fourth-order valence-corrected chi connectivity index (χ4v) is 5.20. The Balaban J connectivity index is 1.83. The Morgan fingerprint density at radius 2 is 2.16 bits per heavy atom. The average Bonchev–Trinajstić information content (AvgIpc) is 3.37. The van der Waals surface area contributed by atoms with Crippen molar-refractivity contribution in [2.24, 2.45) is 0 Å². The summed E-state index contributed by atoms with van der Waals surface area (Å²) >= 11 is 1.23. The lowest BCUT2D eigenvalue weighted by Gasteiger charge is -2.23. The summed E-state index contributed by atoms with van der Waals surface area (Å²) in [5.74, 6) is -1.20. The van der Waals surface area contributed by atoms with E-state index in [4.69, 9.17) is 13.9 Å². The van der Waals surface area contributed by atoms with E-state index in [1.165, 1.54) is 37.6 Å². The van der Waals surface area contributed by atoms with Crippen LogP contribution in [0.3, 0.4) is 0 Å². The number of oxazole rings is 1. The molecule has 10 nitrogen and oxygen atoms in total. The molecule has 1 aliphatic heterocycles. The van der Waals surface area contributed by atoms with Crippen molar-refractivity contribution in [3.05, 3.63) is 43.7 Å². The minimum Gasteiger partial charge on any atom is -0.480 e. The zero-order valence-corrected chi connectivity index (χ0v) is 18.9. The summed E-state index contributed by atoms with van der Waals surface area (Å²) in [4.78, 5) is 43.7. The van der Waals surface area contributed by atoms with E-state index in [0.717, 1.165) is 33.3 Å². The van der Waals surface area contributed by atoms with Crippen LogP contribution in [0.4, 0.5) is 0 Å². The predicted octanol–water partition coefficient (Wildman–Crippen LogP) is 2.42. The second-order valence-electron chi connectivity index (χ2n) is 8.18. The first kappa shape index (κ1) is 22.4. The van der Waals surface area contributed by atoms with Crippen LogP contribution < -0.4 is 11.2 Å². The lowest BCUT2D eigenvalue weighted by molar-refractivity contribution is -0.161. The molecule has 4 heterocycles. The molecule has 0 amide bonds. The number of carboxylic acid groups (broad SMARTS) is 1. The van der Waals surface area contributed by atoms with Gasteiger partial charge in [0.05, 0.1) is 18.2 Å². The molecular formula is C21H25N3O7S. The van der Waals surface area contributed by atoms with Crippen molar-refractivity contribution in [3.8, 4) is 6.01 Å². The van der Waals surface area contributed by atoms with Crippen LogP contribution in [0, 0.1) is 6.92 Å². The van der Waals surface area contributed by atoms with Gasteiger partial charge in [0.15, 0.2) is 6.29 Å². The van der Waals surface area contributed by atoms with Crippen molar-refractivity contribution in [1.29, 1.82) is 0 Å². The lowest BCUT2D eigenvalue weighted by atomic mass is 10.1. The molecule has 11 heteroatoms. The molecule has 0 aromatic carbocycles. The number of carbonyl (C=O) groups is 1. The van der Waals surface area contributed by atoms with Gasteiger partial charge in [-0.3, -0.25) is 9.36 Å². The quantitative estimate of drug-likeness (QED) is 0.566. The van der Waals surface area contributed by atoms with Crippen LogP contribution in [0.2, 0.25) is 0 Å². The Labute approximate surface area is 187 Å². The maximum Gasteiger partial charge on any atom is 0.341 e. The van der Waals surface area contributed by atoms with Gasteiger partial charge >= 0.3 is 17.7 Å². The number of ether oxygens (including phenoxy) is 2.